The Labute approximate surface area is 101 Å². The largest absolute Gasteiger partial charge is 0.350 e. The Morgan fingerprint density at radius 1 is 1.41 bits per heavy atom. The summed E-state index contributed by atoms with van der Waals surface area (Å²) in [5.41, 5.74) is 7.24. The van der Waals surface area contributed by atoms with Crippen LogP contribution in [0.15, 0.2) is 6.07 Å². The van der Waals surface area contributed by atoms with Gasteiger partial charge in [-0.25, -0.2) is 9.97 Å². The molecular formula is C12H17N5. The minimum absolute atomic E-state index is 0.151. The van der Waals surface area contributed by atoms with Crippen LogP contribution in [0.4, 0.5) is 5.95 Å². The quantitative estimate of drug-likeness (QED) is 0.802. The summed E-state index contributed by atoms with van der Waals surface area (Å²) in [6.45, 7) is 1.86. The first-order valence-corrected chi connectivity index (χ1v) is 5.97. The molecule has 1 aromatic rings. The fourth-order valence-electron chi connectivity index (χ4n) is 2.19. The number of nitrogens with one attached hydrogen (secondary N) is 1. The monoisotopic (exact) mass is 231 g/mol. The van der Waals surface area contributed by atoms with Crippen LogP contribution in [-0.4, -0.2) is 22.1 Å². The molecule has 0 spiro atoms. The van der Waals surface area contributed by atoms with Gasteiger partial charge in [-0.2, -0.15) is 5.26 Å². The van der Waals surface area contributed by atoms with Crippen molar-refractivity contribution >= 4 is 5.95 Å². The molecule has 0 aromatic carbocycles. The highest BCUT2D eigenvalue weighted by molar-refractivity contribution is 5.34. The summed E-state index contributed by atoms with van der Waals surface area (Å²) in [4.78, 5) is 8.42. The lowest BCUT2D eigenvalue weighted by Gasteiger charge is -2.29. The second kappa shape index (κ2) is 5.11. The predicted molar refractivity (Wildman–Crippen MR) is 65.3 cm³/mol. The third-order valence-electron chi connectivity index (χ3n) is 3.10. The Bertz CT molecular complexity index is 437. The Hall–Kier alpha value is -1.67. The van der Waals surface area contributed by atoms with Gasteiger partial charge in [0.05, 0.1) is 0 Å². The van der Waals surface area contributed by atoms with Gasteiger partial charge in [-0.1, -0.05) is 12.8 Å². The van der Waals surface area contributed by atoms with Gasteiger partial charge in [-0.3, -0.25) is 0 Å². The van der Waals surface area contributed by atoms with E-state index in [1.165, 1.54) is 12.8 Å². The number of nitriles is 1. The summed E-state index contributed by atoms with van der Waals surface area (Å²) in [6, 6.07) is 4.08. The van der Waals surface area contributed by atoms with Gasteiger partial charge in [0, 0.05) is 17.8 Å². The van der Waals surface area contributed by atoms with Gasteiger partial charge < -0.3 is 11.1 Å². The van der Waals surface area contributed by atoms with E-state index in [9.17, 15) is 0 Å². The zero-order valence-corrected chi connectivity index (χ0v) is 9.98. The maximum absolute atomic E-state index is 8.85. The van der Waals surface area contributed by atoms with Crippen LogP contribution in [0.1, 0.15) is 37.1 Å². The summed E-state index contributed by atoms with van der Waals surface area (Å²) in [5.74, 6) is 0.518. The third-order valence-corrected chi connectivity index (χ3v) is 3.10. The first kappa shape index (κ1) is 11.8. The first-order chi connectivity index (χ1) is 8.19. The molecule has 2 rings (SSSR count). The fraction of sp³-hybridized carbons (Fsp3) is 0.583. The molecule has 0 unspecified atom stereocenters. The second-order valence-corrected chi connectivity index (χ2v) is 4.53. The van der Waals surface area contributed by atoms with Crippen molar-refractivity contribution in [2.45, 2.75) is 44.7 Å². The van der Waals surface area contributed by atoms with Crippen LogP contribution in [0.5, 0.6) is 0 Å². The third kappa shape index (κ3) is 2.92. The van der Waals surface area contributed by atoms with Crippen LogP contribution in [0.2, 0.25) is 0 Å². The molecule has 1 aliphatic carbocycles. The van der Waals surface area contributed by atoms with Crippen molar-refractivity contribution in [3.63, 3.8) is 0 Å². The van der Waals surface area contributed by atoms with E-state index < -0.39 is 0 Å². The molecule has 1 aromatic heterocycles. The molecule has 1 fully saturated rings. The van der Waals surface area contributed by atoms with E-state index >= 15 is 0 Å². The van der Waals surface area contributed by atoms with E-state index in [1.807, 2.05) is 13.0 Å². The van der Waals surface area contributed by atoms with Gasteiger partial charge in [-0.15, -0.1) is 0 Å². The van der Waals surface area contributed by atoms with Crippen LogP contribution in [-0.2, 0) is 0 Å². The highest BCUT2D eigenvalue weighted by Gasteiger charge is 2.22. The fourth-order valence-corrected chi connectivity index (χ4v) is 2.19. The Kier molecular flexibility index (Phi) is 3.55. The predicted octanol–water partition coefficient (Wildman–Crippen LogP) is 1.34. The van der Waals surface area contributed by atoms with Gasteiger partial charge in [0.15, 0.2) is 0 Å². The number of hydrogen-bond donors (Lipinski definition) is 2. The van der Waals surface area contributed by atoms with E-state index in [4.69, 9.17) is 11.0 Å². The van der Waals surface area contributed by atoms with Crippen molar-refractivity contribution in [3.05, 3.63) is 17.5 Å². The van der Waals surface area contributed by atoms with Gasteiger partial charge in [-0.05, 0) is 25.8 Å². The first-order valence-electron chi connectivity index (χ1n) is 5.97. The Balaban J connectivity index is 2.12. The number of nitrogens with zero attached hydrogens (tertiary/aromatic N) is 3. The highest BCUT2D eigenvalue weighted by atomic mass is 15.1. The van der Waals surface area contributed by atoms with Gasteiger partial charge in [0.2, 0.25) is 5.95 Å². The number of hydrogen-bond acceptors (Lipinski definition) is 5. The van der Waals surface area contributed by atoms with Crippen molar-refractivity contribution < 1.29 is 0 Å². The average Bonchev–Trinajstić information content (AvgIpc) is 2.31. The SMILES string of the molecule is Cc1cc(C#N)nc(N[C@@H]2CCCC[C@H]2N)n1. The second-order valence-electron chi connectivity index (χ2n) is 4.53. The molecule has 5 nitrogen and oxygen atoms in total. The van der Waals surface area contributed by atoms with Crippen LogP contribution >= 0.6 is 0 Å². The molecule has 1 aliphatic rings. The van der Waals surface area contributed by atoms with E-state index in [0.717, 1.165) is 18.5 Å². The van der Waals surface area contributed by atoms with Crippen LogP contribution in [0.3, 0.4) is 0 Å². The zero-order chi connectivity index (χ0) is 12.3. The zero-order valence-electron chi connectivity index (χ0n) is 9.98. The van der Waals surface area contributed by atoms with Crippen LogP contribution in [0, 0.1) is 18.3 Å². The lowest BCUT2D eigenvalue weighted by Crippen LogP contribution is -2.43. The average molecular weight is 231 g/mol. The van der Waals surface area contributed by atoms with Gasteiger partial charge in [0.1, 0.15) is 11.8 Å². The highest BCUT2D eigenvalue weighted by Crippen LogP contribution is 2.19. The number of aryl methyl sites for hydroxylation is 1. The van der Waals surface area contributed by atoms with Crippen molar-refractivity contribution in [1.29, 1.82) is 5.26 Å². The molecule has 1 heterocycles. The van der Waals surface area contributed by atoms with E-state index in [1.54, 1.807) is 6.07 Å². The molecule has 90 valence electrons. The smallest absolute Gasteiger partial charge is 0.224 e. The molecule has 0 radical (unpaired) electrons. The maximum Gasteiger partial charge on any atom is 0.224 e. The van der Waals surface area contributed by atoms with Crippen molar-refractivity contribution in [1.82, 2.24) is 9.97 Å². The van der Waals surface area contributed by atoms with Crippen LogP contribution in [0.25, 0.3) is 0 Å². The van der Waals surface area contributed by atoms with E-state index in [0.29, 0.717) is 11.6 Å². The summed E-state index contributed by atoms with van der Waals surface area (Å²) in [7, 11) is 0. The number of nitrogens with two attached hydrogens (primary N) is 1. The van der Waals surface area contributed by atoms with Gasteiger partial charge >= 0.3 is 0 Å². The van der Waals surface area contributed by atoms with Gasteiger partial charge in [0.25, 0.3) is 0 Å². The molecule has 0 amide bonds. The summed E-state index contributed by atoms with van der Waals surface area (Å²) in [6.07, 6.45) is 4.45. The topological polar surface area (TPSA) is 87.6 Å². The minimum Gasteiger partial charge on any atom is -0.350 e. The Morgan fingerprint density at radius 2 is 2.18 bits per heavy atom. The summed E-state index contributed by atoms with van der Waals surface area (Å²) >= 11 is 0. The number of aromatic nitrogens is 2. The normalized spacial score (nSPS) is 24.1. The molecule has 3 N–H and O–H groups in total. The molecular weight excluding hydrogens is 214 g/mol. The van der Waals surface area contributed by atoms with Crippen molar-refractivity contribution in [2.75, 3.05) is 5.32 Å². The summed E-state index contributed by atoms with van der Waals surface area (Å²) < 4.78 is 0. The molecule has 0 aliphatic heterocycles. The number of anilines is 1. The van der Waals surface area contributed by atoms with Crippen molar-refractivity contribution in [3.8, 4) is 6.07 Å². The standard InChI is InChI=1S/C12H17N5/c1-8-6-9(7-13)16-12(15-8)17-11-5-3-2-4-10(11)14/h6,10-11H,2-5,14H2,1H3,(H,15,16,17)/t10-,11-/m1/s1. The molecule has 2 atom stereocenters. The lowest BCUT2D eigenvalue weighted by atomic mass is 9.91. The lowest BCUT2D eigenvalue weighted by molar-refractivity contribution is 0.402. The van der Waals surface area contributed by atoms with Crippen molar-refractivity contribution in [2.24, 2.45) is 5.73 Å². The minimum atomic E-state index is 0.151. The molecule has 5 heteroatoms. The summed E-state index contributed by atoms with van der Waals surface area (Å²) in [5, 5.41) is 12.1. The number of rotatable bonds is 2. The maximum atomic E-state index is 8.85. The molecule has 1 saturated carbocycles. The molecule has 0 bridgehead atoms. The molecule has 0 saturated heterocycles. The molecule has 17 heavy (non-hydrogen) atoms. The van der Waals surface area contributed by atoms with E-state index in [2.05, 4.69) is 15.3 Å². The van der Waals surface area contributed by atoms with Crippen LogP contribution < -0.4 is 11.1 Å². The Morgan fingerprint density at radius 3 is 2.88 bits per heavy atom. The van der Waals surface area contributed by atoms with E-state index in [-0.39, 0.29) is 12.1 Å².